The third-order valence-corrected chi connectivity index (χ3v) is 6.12. The molecule has 3 aromatic rings. The lowest BCUT2D eigenvalue weighted by Gasteiger charge is -2.25. The van der Waals surface area contributed by atoms with E-state index >= 15 is 0 Å². The highest BCUT2D eigenvalue weighted by molar-refractivity contribution is 6.35. The fourth-order valence-electron chi connectivity index (χ4n) is 4.47. The number of nitrogens with zero attached hydrogens (tertiary/aromatic N) is 1. The second-order valence-corrected chi connectivity index (χ2v) is 8.26. The van der Waals surface area contributed by atoms with Gasteiger partial charge in [-0.25, -0.2) is 0 Å². The number of amides is 2. The first kappa shape index (κ1) is 19.6. The zero-order valence-electron chi connectivity index (χ0n) is 17.4. The Morgan fingerprint density at radius 1 is 1.10 bits per heavy atom. The molecule has 1 saturated heterocycles. The van der Waals surface area contributed by atoms with Crippen molar-refractivity contribution in [2.45, 2.75) is 25.7 Å². The van der Waals surface area contributed by atoms with Gasteiger partial charge in [-0.3, -0.25) is 9.59 Å². The Labute approximate surface area is 181 Å². The molecular weight excluding hydrogens is 388 g/mol. The molecule has 6 heteroatoms. The predicted octanol–water partition coefficient (Wildman–Crippen LogP) is 4.48. The van der Waals surface area contributed by atoms with Crippen molar-refractivity contribution < 1.29 is 9.59 Å². The third-order valence-electron chi connectivity index (χ3n) is 6.12. The number of rotatable bonds is 5. The Morgan fingerprint density at radius 3 is 2.84 bits per heavy atom. The van der Waals surface area contributed by atoms with Crippen LogP contribution in [-0.4, -0.2) is 41.3 Å². The number of fused-ring (bicyclic) bond motifs is 2. The first-order chi connectivity index (χ1) is 15.2. The van der Waals surface area contributed by atoms with Crippen LogP contribution in [0.4, 0.5) is 11.4 Å². The summed E-state index contributed by atoms with van der Waals surface area (Å²) in [4.78, 5) is 30.7. The molecule has 0 radical (unpaired) electrons. The number of hydrogen-bond acceptors (Lipinski definition) is 3. The van der Waals surface area contributed by atoms with Gasteiger partial charge in [0.1, 0.15) is 0 Å². The average Bonchev–Trinajstić information content (AvgIpc) is 3.38. The molecule has 1 fully saturated rings. The number of benzene rings is 2. The Kier molecular flexibility index (Phi) is 5.30. The number of piperidine rings is 1. The summed E-state index contributed by atoms with van der Waals surface area (Å²) in [5, 5.41) is 6.99. The second kappa shape index (κ2) is 8.40. The van der Waals surface area contributed by atoms with Crippen LogP contribution in [0.15, 0.2) is 48.7 Å². The van der Waals surface area contributed by atoms with Gasteiger partial charge in [0.05, 0.1) is 0 Å². The summed E-state index contributed by atoms with van der Waals surface area (Å²) in [7, 11) is 0. The number of carbonyl (C=O) groups is 2. The molecule has 3 heterocycles. The van der Waals surface area contributed by atoms with E-state index < -0.39 is 0 Å². The summed E-state index contributed by atoms with van der Waals surface area (Å²) in [5.41, 5.74) is 4.91. The lowest BCUT2D eigenvalue weighted by atomic mass is 10.0. The molecule has 0 atom stereocenters. The molecule has 0 unspecified atom stereocenters. The average molecular weight is 415 g/mol. The number of anilines is 2. The highest BCUT2D eigenvalue weighted by Gasteiger charge is 2.25. The normalized spacial score (nSPS) is 17.7. The van der Waals surface area contributed by atoms with Crippen molar-refractivity contribution in [3.05, 3.63) is 59.8 Å². The van der Waals surface area contributed by atoms with Gasteiger partial charge in [-0.05, 0) is 67.9 Å². The zero-order chi connectivity index (χ0) is 21.2. The molecule has 2 aliphatic heterocycles. The molecule has 0 saturated carbocycles. The maximum atomic E-state index is 12.6. The summed E-state index contributed by atoms with van der Waals surface area (Å²) in [6.45, 7) is 2.96. The number of carbonyl (C=O) groups excluding carboxylic acids is 2. The molecule has 5 rings (SSSR count). The smallest absolute Gasteiger partial charge is 0.256 e. The van der Waals surface area contributed by atoms with Crippen LogP contribution in [0.1, 0.15) is 36.8 Å². The molecule has 2 aromatic carbocycles. The van der Waals surface area contributed by atoms with E-state index in [0.717, 1.165) is 47.4 Å². The molecule has 158 valence electrons. The molecule has 0 aliphatic carbocycles. The van der Waals surface area contributed by atoms with Gasteiger partial charge in [0.15, 0.2) is 0 Å². The fourth-order valence-corrected chi connectivity index (χ4v) is 4.47. The van der Waals surface area contributed by atoms with Crippen molar-refractivity contribution >= 4 is 45.7 Å². The van der Waals surface area contributed by atoms with E-state index in [2.05, 4.69) is 20.5 Å². The van der Waals surface area contributed by atoms with Gasteiger partial charge in [-0.2, -0.15) is 0 Å². The fraction of sp³-hybridized carbons (Fsp3) is 0.280. The third kappa shape index (κ3) is 4.11. The Balaban J connectivity index is 1.35. The number of H-pyrrole nitrogens is 1. The van der Waals surface area contributed by atoms with Crippen LogP contribution < -0.4 is 10.6 Å². The van der Waals surface area contributed by atoms with Gasteiger partial charge in [-0.15, -0.1) is 0 Å². The maximum absolute atomic E-state index is 12.6. The van der Waals surface area contributed by atoms with Crippen LogP contribution in [0.5, 0.6) is 0 Å². The van der Waals surface area contributed by atoms with Crippen molar-refractivity contribution in [2.24, 2.45) is 0 Å². The van der Waals surface area contributed by atoms with Crippen molar-refractivity contribution in [3.8, 4) is 0 Å². The number of aromatic amines is 1. The number of nitrogens with one attached hydrogen (secondary N) is 3. The van der Waals surface area contributed by atoms with E-state index in [1.807, 2.05) is 54.7 Å². The summed E-state index contributed by atoms with van der Waals surface area (Å²) < 4.78 is 0. The molecule has 0 spiro atoms. The molecule has 0 bridgehead atoms. The van der Waals surface area contributed by atoms with Crippen LogP contribution in [0.3, 0.4) is 0 Å². The van der Waals surface area contributed by atoms with Gasteiger partial charge >= 0.3 is 0 Å². The lowest BCUT2D eigenvalue weighted by molar-refractivity contribution is -0.116. The van der Waals surface area contributed by atoms with E-state index in [1.165, 1.54) is 19.3 Å². The minimum absolute atomic E-state index is 0.00502. The monoisotopic (exact) mass is 414 g/mol. The van der Waals surface area contributed by atoms with E-state index in [4.69, 9.17) is 0 Å². The summed E-state index contributed by atoms with van der Waals surface area (Å²) in [6.07, 6.45) is 8.02. The summed E-state index contributed by atoms with van der Waals surface area (Å²) in [6, 6.07) is 13.6. The van der Waals surface area contributed by atoms with Gasteiger partial charge in [0.2, 0.25) is 5.91 Å². The minimum Gasteiger partial charge on any atom is -0.361 e. The SMILES string of the molecule is O=C(CCN1CCCCC1)Nc1ccc2c(c1)/C(=C\c1cccc3[nH]ccc13)C(=O)N2. The number of hydrogen-bond donors (Lipinski definition) is 3. The van der Waals surface area contributed by atoms with Crippen molar-refractivity contribution in [2.75, 3.05) is 30.3 Å². The van der Waals surface area contributed by atoms with Crippen LogP contribution >= 0.6 is 0 Å². The second-order valence-electron chi connectivity index (χ2n) is 8.26. The van der Waals surface area contributed by atoms with Crippen molar-refractivity contribution in [3.63, 3.8) is 0 Å². The molecule has 2 aliphatic rings. The summed E-state index contributed by atoms with van der Waals surface area (Å²) in [5.74, 6) is -0.124. The molecule has 3 N–H and O–H groups in total. The standard InChI is InChI=1S/C25H26N4O2/c30-24(10-14-29-12-2-1-3-13-29)27-18-7-8-23-20(16-18)21(25(31)28-23)15-17-5-4-6-22-19(17)9-11-26-22/h4-9,11,15-16,26H,1-3,10,12-14H2,(H,27,30)(H,28,31)/b21-15+. The van der Waals surface area contributed by atoms with Gasteiger partial charge < -0.3 is 20.5 Å². The number of aromatic nitrogens is 1. The van der Waals surface area contributed by atoms with Gasteiger partial charge in [0.25, 0.3) is 5.91 Å². The summed E-state index contributed by atoms with van der Waals surface area (Å²) >= 11 is 0. The molecule has 6 nitrogen and oxygen atoms in total. The van der Waals surface area contributed by atoms with E-state index in [9.17, 15) is 9.59 Å². The van der Waals surface area contributed by atoms with Crippen LogP contribution in [0.25, 0.3) is 22.6 Å². The predicted molar refractivity (Wildman–Crippen MR) is 125 cm³/mol. The Morgan fingerprint density at radius 2 is 1.97 bits per heavy atom. The van der Waals surface area contributed by atoms with E-state index in [-0.39, 0.29) is 11.8 Å². The van der Waals surface area contributed by atoms with Crippen LogP contribution in [0, 0.1) is 0 Å². The van der Waals surface area contributed by atoms with E-state index in [0.29, 0.717) is 17.7 Å². The topological polar surface area (TPSA) is 77.2 Å². The van der Waals surface area contributed by atoms with Crippen molar-refractivity contribution in [1.29, 1.82) is 0 Å². The first-order valence-electron chi connectivity index (χ1n) is 10.9. The van der Waals surface area contributed by atoms with Crippen LogP contribution in [-0.2, 0) is 9.59 Å². The quantitative estimate of drug-likeness (QED) is 0.539. The highest BCUT2D eigenvalue weighted by Crippen LogP contribution is 2.36. The zero-order valence-corrected chi connectivity index (χ0v) is 17.4. The van der Waals surface area contributed by atoms with Crippen molar-refractivity contribution in [1.82, 2.24) is 9.88 Å². The molecule has 31 heavy (non-hydrogen) atoms. The van der Waals surface area contributed by atoms with Gasteiger partial charge in [-0.1, -0.05) is 18.6 Å². The van der Waals surface area contributed by atoms with E-state index in [1.54, 1.807) is 0 Å². The highest BCUT2D eigenvalue weighted by atomic mass is 16.2. The Bertz CT molecular complexity index is 1170. The maximum Gasteiger partial charge on any atom is 0.256 e. The first-order valence-corrected chi connectivity index (χ1v) is 10.9. The lowest BCUT2D eigenvalue weighted by Crippen LogP contribution is -2.32. The van der Waals surface area contributed by atoms with Crippen LogP contribution in [0.2, 0.25) is 0 Å². The number of likely N-dealkylation sites (tertiary alicyclic amines) is 1. The minimum atomic E-state index is -0.129. The molecule has 2 amide bonds. The molecular formula is C25H26N4O2. The molecule has 1 aromatic heterocycles. The largest absolute Gasteiger partial charge is 0.361 e. The van der Waals surface area contributed by atoms with Gasteiger partial charge in [0, 0.05) is 52.6 Å². The Hall–Kier alpha value is -3.38.